The van der Waals surface area contributed by atoms with Crippen molar-refractivity contribution in [2.75, 3.05) is 0 Å². The highest BCUT2D eigenvalue weighted by Crippen LogP contribution is 2.39. The third kappa shape index (κ3) is 4.97. The summed E-state index contributed by atoms with van der Waals surface area (Å²) in [5, 5.41) is 4.85. The summed E-state index contributed by atoms with van der Waals surface area (Å²) < 4.78 is 56.4. The molecule has 3 aromatic carbocycles. The molecule has 9 heteroatoms. The maximum atomic E-state index is 13.9. The summed E-state index contributed by atoms with van der Waals surface area (Å²) in [5.74, 6) is -0.830. The fourth-order valence-electron chi connectivity index (χ4n) is 4.00. The predicted octanol–water partition coefficient (Wildman–Crippen LogP) is 8.09. The van der Waals surface area contributed by atoms with E-state index in [0.29, 0.717) is 28.1 Å². The van der Waals surface area contributed by atoms with Crippen molar-refractivity contribution in [2.45, 2.75) is 20.0 Å². The summed E-state index contributed by atoms with van der Waals surface area (Å²) in [6.07, 6.45) is -4.76. The lowest BCUT2D eigenvalue weighted by molar-refractivity contribution is -0.141. The molecular weight excluding hydrogens is 504 g/mol. The van der Waals surface area contributed by atoms with Crippen LogP contribution in [0, 0.1) is 19.7 Å². The van der Waals surface area contributed by atoms with E-state index in [1.807, 2.05) is 56.3 Å². The zero-order chi connectivity index (χ0) is 26.3. The van der Waals surface area contributed by atoms with Crippen LogP contribution < -0.4 is 0 Å². The molecule has 2 heterocycles. The van der Waals surface area contributed by atoms with Gasteiger partial charge in [-0.25, -0.2) is 14.4 Å². The lowest BCUT2D eigenvalue weighted by Gasteiger charge is -2.13. The monoisotopic (exact) mass is 522 g/mol. The lowest BCUT2D eigenvalue weighted by Crippen LogP contribution is -2.14. The number of benzene rings is 3. The van der Waals surface area contributed by atoms with Crippen LogP contribution in [-0.4, -0.2) is 19.7 Å². The van der Waals surface area contributed by atoms with Crippen molar-refractivity contribution in [1.29, 1.82) is 0 Å². The number of hydrogen-bond acceptors (Lipinski definition) is 3. The molecule has 37 heavy (non-hydrogen) atoms. The first-order valence-electron chi connectivity index (χ1n) is 11.3. The Kier molecular flexibility index (Phi) is 6.29. The van der Waals surface area contributed by atoms with Crippen LogP contribution in [0.5, 0.6) is 0 Å². The third-order valence-corrected chi connectivity index (χ3v) is 6.10. The number of nitrogens with zero attached hydrogens (tertiary/aromatic N) is 4. The second-order valence-corrected chi connectivity index (χ2v) is 8.98. The highest BCUT2D eigenvalue weighted by atomic mass is 35.5. The van der Waals surface area contributed by atoms with E-state index in [4.69, 9.17) is 11.6 Å². The molecule has 0 aliphatic carbocycles. The van der Waals surface area contributed by atoms with E-state index < -0.39 is 17.7 Å². The molecule has 0 fully saturated rings. The number of hydrogen-bond donors (Lipinski definition) is 0. The van der Waals surface area contributed by atoms with Crippen LogP contribution in [-0.2, 0) is 6.18 Å². The Balaban J connectivity index is 1.80. The zero-order valence-corrected chi connectivity index (χ0v) is 20.4. The Hall–Kier alpha value is -4.04. The van der Waals surface area contributed by atoms with Gasteiger partial charge in [0.15, 0.2) is 5.69 Å². The minimum absolute atomic E-state index is 0.0313. The van der Waals surface area contributed by atoms with Gasteiger partial charge in [-0.3, -0.25) is 0 Å². The summed E-state index contributed by atoms with van der Waals surface area (Å²) in [4.78, 5) is 8.22. The number of halogens is 5. The average Bonchev–Trinajstić information content (AvgIpc) is 3.21. The lowest BCUT2D eigenvalue weighted by atomic mass is 10.1. The minimum Gasteiger partial charge on any atom is -0.211 e. The molecule has 5 rings (SSSR count). The molecular formula is C28H19ClF4N4. The van der Waals surface area contributed by atoms with Crippen LogP contribution in [0.25, 0.3) is 39.7 Å². The van der Waals surface area contributed by atoms with Gasteiger partial charge >= 0.3 is 6.18 Å². The first-order valence-corrected chi connectivity index (χ1v) is 11.6. The minimum atomic E-state index is -4.76. The molecule has 0 bridgehead atoms. The van der Waals surface area contributed by atoms with Gasteiger partial charge in [0.1, 0.15) is 11.5 Å². The Morgan fingerprint density at radius 3 is 2.00 bits per heavy atom. The Bertz CT molecular complexity index is 1610. The van der Waals surface area contributed by atoms with Crippen molar-refractivity contribution in [1.82, 2.24) is 19.7 Å². The topological polar surface area (TPSA) is 43.6 Å². The van der Waals surface area contributed by atoms with Crippen molar-refractivity contribution in [3.05, 3.63) is 107 Å². The van der Waals surface area contributed by atoms with Gasteiger partial charge < -0.3 is 0 Å². The van der Waals surface area contributed by atoms with Crippen LogP contribution in [0.15, 0.2) is 78.9 Å². The van der Waals surface area contributed by atoms with Gasteiger partial charge in [0.2, 0.25) is 0 Å². The van der Waals surface area contributed by atoms with Crippen molar-refractivity contribution in [3.63, 3.8) is 0 Å². The first kappa shape index (κ1) is 24.6. The van der Waals surface area contributed by atoms with E-state index >= 15 is 0 Å². The van der Waals surface area contributed by atoms with Gasteiger partial charge in [0.05, 0.1) is 16.4 Å². The van der Waals surface area contributed by atoms with Gasteiger partial charge in [-0.1, -0.05) is 59.1 Å². The van der Waals surface area contributed by atoms with E-state index in [2.05, 4.69) is 15.1 Å². The van der Waals surface area contributed by atoms with Crippen LogP contribution in [0.3, 0.4) is 0 Å². The summed E-state index contributed by atoms with van der Waals surface area (Å²) in [5.41, 5.74) is 3.07. The molecule has 0 radical (unpaired) electrons. The molecule has 4 nitrogen and oxygen atoms in total. The predicted molar refractivity (Wildman–Crippen MR) is 135 cm³/mol. The van der Waals surface area contributed by atoms with E-state index in [1.165, 1.54) is 16.8 Å². The van der Waals surface area contributed by atoms with Gasteiger partial charge in [-0.05, 0) is 56.3 Å². The molecule has 0 atom stereocenters. The second kappa shape index (κ2) is 9.44. The largest absolute Gasteiger partial charge is 0.433 e. The van der Waals surface area contributed by atoms with Crippen molar-refractivity contribution in [2.24, 2.45) is 0 Å². The summed E-state index contributed by atoms with van der Waals surface area (Å²) in [7, 11) is 0. The van der Waals surface area contributed by atoms with E-state index in [0.717, 1.165) is 29.3 Å². The molecule has 0 saturated carbocycles. The van der Waals surface area contributed by atoms with E-state index in [1.54, 1.807) is 6.07 Å². The molecule has 0 spiro atoms. The maximum Gasteiger partial charge on any atom is 0.433 e. The Morgan fingerprint density at radius 2 is 1.38 bits per heavy atom. The normalized spacial score (nSPS) is 11.6. The molecule has 0 N–H and O–H groups in total. The molecule has 0 aliphatic rings. The van der Waals surface area contributed by atoms with Crippen LogP contribution >= 0.6 is 11.6 Å². The number of rotatable bonds is 4. The second-order valence-electron chi connectivity index (χ2n) is 8.61. The summed E-state index contributed by atoms with van der Waals surface area (Å²) in [6.45, 7) is 3.81. The average molecular weight is 523 g/mol. The summed E-state index contributed by atoms with van der Waals surface area (Å²) >= 11 is 6.85. The van der Waals surface area contributed by atoms with Gasteiger partial charge in [0.25, 0.3) is 5.95 Å². The molecule has 186 valence electrons. The van der Waals surface area contributed by atoms with Crippen LogP contribution in [0.1, 0.15) is 16.8 Å². The quantitative estimate of drug-likeness (QED) is 0.224. The van der Waals surface area contributed by atoms with Crippen LogP contribution in [0.4, 0.5) is 17.6 Å². The Morgan fingerprint density at radius 1 is 0.757 bits per heavy atom. The fraction of sp³-hybridized carbons (Fsp3) is 0.107. The van der Waals surface area contributed by atoms with Crippen molar-refractivity contribution >= 4 is 11.6 Å². The van der Waals surface area contributed by atoms with E-state index in [-0.39, 0.29) is 16.7 Å². The SMILES string of the molecule is Cc1cccc(-c2nn(-c3nc(-c4ccc(F)cc4)cc(C(F)(F)F)n3)c(-c3cccc(C)c3)c2Cl)c1. The maximum absolute atomic E-state index is 13.9. The molecule has 0 aliphatic heterocycles. The highest BCUT2D eigenvalue weighted by Gasteiger charge is 2.35. The number of aryl methyl sites for hydroxylation is 2. The highest BCUT2D eigenvalue weighted by molar-refractivity contribution is 6.35. The molecule has 0 saturated heterocycles. The van der Waals surface area contributed by atoms with Gasteiger partial charge in [-0.2, -0.15) is 23.0 Å². The van der Waals surface area contributed by atoms with Gasteiger partial charge in [-0.15, -0.1) is 0 Å². The van der Waals surface area contributed by atoms with E-state index in [9.17, 15) is 17.6 Å². The number of alkyl halides is 3. The standard InChI is InChI=1S/C28H19ClF4N4/c1-16-5-3-7-19(13-16)25-24(29)26(20-8-4-6-17(2)14-20)37(36-25)27-34-22(15-23(35-27)28(31,32)33)18-9-11-21(30)12-10-18/h3-15H,1-2H3. The first-order chi connectivity index (χ1) is 17.6. The van der Waals surface area contributed by atoms with Crippen LogP contribution in [0.2, 0.25) is 5.02 Å². The molecule has 0 unspecified atom stereocenters. The molecule has 5 aromatic rings. The van der Waals surface area contributed by atoms with Crippen molar-refractivity contribution in [3.8, 4) is 39.7 Å². The Labute approximate surface area is 215 Å². The zero-order valence-electron chi connectivity index (χ0n) is 19.7. The van der Waals surface area contributed by atoms with Crippen molar-refractivity contribution < 1.29 is 17.6 Å². The molecule has 0 amide bonds. The third-order valence-electron chi connectivity index (χ3n) is 5.74. The smallest absolute Gasteiger partial charge is 0.211 e. The summed E-state index contributed by atoms with van der Waals surface area (Å²) in [6, 6.07) is 20.7. The van der Waals surface area contributed by atoms with Gasteiger partial charge in [0, 0.05) is 16.7 Å². The fourth-order valence-corrected chi connectivity index (χ4v) is 4.34. The number of aromatic nitrogens is 4. The molecule has 2 aromatic heterocycles.